The average molecular weight is 344 g/mol. The monoisotopic (exact) mass is 344 g/mol. The number of carbonyl (C=O) groups is 1. The summed E-state index contributed by atoms with van der Waals surface area (Å²) in [6.07, 6.45) is 4.56. The van der Waals surface area contributed by atoms with Crippen LogP contribution in [0, 0.1) is 5.92 Å². The Hall–Kier alpha value is -2.24. The van der Waals surface area contributed by atoms with Gasteiger partial charge >= 0.3 is 0 Å². The van der Waals surface area contributed by atoms with Crippen molar-refractivity contribution < 1.29 is 9.53 Å². The van der Waals surface area contributed by atoms with Crippen LogP contribution in [0.5, 0.6) is 5.75 Å². The predicted octanol–water partition coefficient (Wildman–Crippen LogP) is 1.33. The summed E-state index contributed by atoms with van der Waals surface area (Å²) in [5.41, 5.74) is 7.98. The molecule has 136 valence electrons. The van der Waals surface area contributed by atoms with Gasteiger partial charge in [-0.3, -0.25) is 9.79 Å². The molecule has 1 saturated heterocycles. The highest BCUT2D eigenvalue weighted by Crippen LogP contribution is 2.26. The Kier molecular flexibility index (Phi) is 5.79. The number of hydrogen-bond donors (Lipinski definition) is 2. The van der Waals surface area contributed by atoms with Gasteiger partial charge in [-0.15, -0.1) is 0 Å². The normalized spacial score (nSPS) is 20.1. The summed E-state index contributed by atoms with van der Waals surface area (Å²) in [4.78, 5) is 17.8. The number of piperidine rings is 1. The van der Waals surface area contributed by atoms with Crippen molar-refractivity contribution in [3.63, 3.8) is 0 Å². The number of rotatable bonds is 5. The first-order valence-corrected chi connectivity index (χ1v) is 9.14. The van der Waals surface area contributed by atoms with E-state index in [-0.39, 0.29) is 5.91 Å². The van der Waals surface area contributed by atoms with Gasteiger partial charge in [0.25, 0.3) is 0 Å². The summed E-state index contributed by atoms with van der Waals surface area (Å²) >= 11 is 0. The third kappa shape index (κ3) is 4.65. The zero-order valence-corrected chi connectivity index (χ0v) is 15.0. The van der Waals surface area contributed by atoms with Crippen LogP contribution in [0.1, 0.15) is 30.4 Å². The Balaban J connectivity index is 1.50. The van der Waals surface area contributed by atoms with Crippen molar-refractivity contribution in [1.29, 1.82) is 0 Å². The summed E-state index contributed by atoms with van der Waals surface area (Å²) in [5, 5.41) is 3.46. The quantitative estimate of drug-likeness (QED) is 0.624. The van der Waals surface area contributed by atoms with Crippen LogP contribution in [-0.2, 0) is 17.6 Å². The number of fused-ring (bicyclic) bond motifs is 1. The second-order valence-corrected chi connectivity index (χ2v) is 6.89. The fraction of sp³-hybridized carbons (Fsp3) is 0.579. The number of hydrogen-bond acceptors (Lipinski definition) is 3. The van der Waals surface area contributed by atoms with E-state index in [9.17, 15) is 4.79 Å². The number of amides is 1. The fourth-order valence-electron chi connectivity index (χ4n) is 3.75. The molecule has 1 amide bonds. The Labute approximate surface area is 149 Å². The predicted molar refractivity (Wildman–Crippen MR) is 98.8 cm³/mol. The lowest BCUT2D eigenvalue weighted by Gasteiger charge is -2.34. The minimum atomic E-state index is -0.213. The molecule has 6 nitrogen and oxygen atoms in total. The highest BCUT2D eigenvalue weighted by molar-refractivity contribution is 5.80. The van der Waals surface area contributed by atoms with Crippen LogP contribution >= 0.6 is 0 Å². The Morgan fingerprint density at radius 2 is 2.36 bits per heavy atom. The smallest absolute Gasteiger partial charge is 0.217 e. The van der Waals surface area contributed by atoms with Gasteiger partial charge in [-0.25, -0.2) is 0 Å². The van der Waals surface area contributed by atoms with E-state index in [1.807, 2.05) is 7.05 Å². The van der Waals surface area contributed by atoms with Crippen LogP contribution in [0.2, 0.25) is 0 Å². The molecule has 1 aromatic carbocycles. The van der Waals surface area contributed by atoms with Gasteiger partial charge in [0, 0.05) is 39.5 Å². The molecule has 6 heteroatoms. The Morgan fingerprint density at radius 1 is 1.48 bits per heavy atom. The molecule has 0 spiro atoms. The lowest BCUT2D eigenvalue weighted by Crippen LogP contribution is -2.47. The molecule has 1 unspecified atom stereocenters. The number of benzene rings is 1. The molecule has 3 rings (SSSR count). The van der Waals surface area contributed by atoms with Gasteiger partial charge in [0.1, 0.15) is 5.75 Å². The molecule has 0 saturated carbocycles. The fourth-order valence-corrected chi connectivity index (χ4v) is 3.75. The standard InChI is InChI=1S/C19H28N4O2/c1-21-19(23-9-2-3-15(13-23)12-18(20)24)22-8-6-14-4-5-17-16(11-14)7-10-25-17/h4-5,11,15H,2-3,6-10,12-13H2,1H3,(H2,20,24)(H,21,22). The van der Waals surface area contributed by atoms with Gasteiger partial charge in [-0.2, -0.15) is 0 Å². The maximum absolute atomic E-state index is 11.2. The molecule has 3 N–H and O–H groups in total. The van der Waals surface area contributed by atoms with Crippen molar-refractivity contribution in [3.05, 3.63) is 29.3 Å². The van der Waals surface area contributed by atoms with Gasteiger partial charge in [0.15, 0.2) is 5.96 Å². The molecular weight excluding hydrogens is 316 g/mol. The van der Waals surface area contributed by atoms with E-state index in [0.29, 0.717) is 12.3 Å². The molecule has 1 aromatic rings. The minimum Gasteiger partial charge on any atom is -0.493 e. The minimum absolute atomic E-state index is 0.213. The first kappa shape index (κ1) is 17.6. The van der Waals surface area contributed by atoms with E-state index in [0.717, 1.165) is 63.6 Å². The van der Waals surface area contributed by atoms with Crippen molar-refractivity contribution in [3.8, 4) is 5.75 Å². The summed E-state index contributed by atoms with van der Waals surface area (Å²) in [7, 11) is 1.81. The van der Waals surface area contributed by atoms with Crippen LogP contribution in [0.15, 0.2) is 23.2 Å². The number of nitrogens with one attached hydrogen (secondary N) is 1. The van der Waals surface area contributed by atoms with E-state index in [1.54, 1.807) is 0 Å². The summed E-state index contributed by atoms with van der Waals surface area (Å²) in [6.45, 7) is 3.46. The van der Waals surface area contributed by atoms with Gasteiger partial charge in [0.2, 0.25) is 5.91 Å². The van der Waals surface area contributed by atoms with E-state index in [1.165, 1.54) is 11.1 Å². The first-order valence-electron chi connectivity index (χ1n) is 9.14. The van der Waals surface area contributed by atoms with Gasteiger partial charge in [-0.05, 0) is 42.4 Å². The molecule has 25 heavy (non-hydrogen) atoms. The van der Waals surface area contributed by atoms with Crippen LogP contribution in [-0.4, -0.2) is 50.1 Å². The lowest BCUT2D eigenvalue weighted by atomic mass is 9.95. The molecule has 2 aliphatic heterocycles. The second kappa shape index (κ2) is 8.23. The van der Waals surface area contributed by atoms with Gasteiger partial charge in [0.05, 0.1) is 6.61 Å². The number of primary amides is 1. The van der Waals surface area contributed by atoms with Gasteiger partial charge < -0.3 is 20.7 Å². The van der Waals surface area contributed by atoms with E-state index in [4.69, 9.17) is 10.5 Å². The topological polar surface area (TPSA) is 80.0 Å². The average Bonchev–Trinajstić information content (AvgIpc) is 3.06. The van der Waals surface area contributed by atoms with Crippen molar-refractivity contribution >= 4 is 11.9 Å². The molecule has 0 radical (unpaired) electrons. The number of nitrogens with zero attached hydrogens (tertiary/aromatic N) is 2. The summed E-state index contributed by atoms with van der Waals surface area (Å²) in [6, 6.07) is 6.46. The molecule has 1 atom stereocenters. The highest BCUT2D eigenvalue weighted by atomic mass is 16.5. The van der Waals surface area contributed by atoms with Crippen LogP contribution in [0.25, 0.3) is 0 Å². The number of ether oxygens (including phenoxy) is 1. The number of nitrogens with two attached hydrogens (primary N) is 1. The van der Waals surface area contributed by atoms with E-state index < -0.39 is 0 Å². The molecule has 0 bridgehead atoms. The zero-order valence-electron chi connectivity index (χ0n) is 15.0. The number of aliphatic imine (C=N–C) groups is 1. The van der Waals surface area contributed by atoms with Crippen molar-refractivity contribution in [2.24, 2.45) is 16.6 Å². The molecule has 0 aromatic heterocycles. The van der Waals surface area contributed by atoms with Crippen LogP contribution < -0.4 is 15.8 Å². The van der Waals surface area contributed by atoms with E-state index >= 15 is 0 Å². The Morgan fingerprint density at radius 3 is 3.16 bits per heavy atom. The van der Waals surface area contributed by atoms with Crippen LogP contribution in [0.4, 0.5) is 0 Å². The number of guanidine groups is 1. The first-order chi connectivity index (χ1) is 12.2. The maximum atomic E-state index is 11.2. The van der Waals surface area contributed by atoms with Gasteiger partial charge in [-0.1, -0.05) is 12.1 Å². The largest absolute Gasteiger partial charge is 0.493 e. The van der Waals surface area contributed by atoms with Crippen molar-refractivity contribution in [2.45, 2.75) is 32.1 Å². The zero-order chi connectivity index (χ0) is 17.6. The van der Waals surface area contributed by atoms with Crippen molar-refractivity contribution in [2.75, 3.05) is 33.3 Å². The third-order valence-corrected chi connectivity index (χ3v) is 4.97. The molecular formula is C19H28N4O2. The molecule has 2 aliphatic rings. The number of carbonyl (C=O) groups excluding carboxylic acids is 1. The van der Waals surface area contributed by atoms with Crippen LogP contribution in [0.3, 0.4) is 0 Å². The Bertz CT molecular complexity index is 644. The SMILES string of the molecule is CN=C(NCCc1ccc2c(c1)CCO2)N1CCCC(CC(N)=O)C1. The molecule has 0 aliphatic carbocycles. The molecule has 2 heterocycles. The lowest BCUT2D eigenvalue weighted by molar-refractivity contribution is -0.119. The van der Waals surface area contributed by atoms with E-state index in [2.05, 4.69) is 33.4 Å². The maximum Gasteiger partial charge on any atom is 0.217 e. The second-order valence-electron chi connectivity index (χ2n) is 6.89. The summed E-state index contributed by atoms with van der Waals surface area (Å²) in [5.74, 6) is 2.07. The van der Waals surface area contributed by atoms with Crippen molar-refractivity contribution in [1.82, 2.24) is 10.2 Å². The summed E-state index contributed by atoms with van der Waals surface area (Å²) < 4.78 is 5.56. The number of likely N-dealkylation sites (tertiary alicyclic amines) is 1. The third-order valence-electron chi connectivity index (χ3n) is 4.97. The molecule has 1 fully saturated rings. The highest BCUT2D eigenvalue weighted by Gasteiger charge is 2.23.